The van der Waals surface area contributed by atoms with Crippen LogP contribution in [0.4, 0.5) is 0 Å². The Labute approximate surface area is 142 Å². The van der Waals surface area contributed by atoms with Crippen LogP contribution in [-0.2, 0) is 13.1 Å². The maximum absolute atomic E-state index is 11.7. The number of carboxylic acids is 1. The molecule has 2 aromatic rings. The maximum Gasteiger partial charge on any atom is 0.337 e. The van der Waals surface area contributed by atoms with Gasteiger partial charge in [0.2, 0.25) is 0 Å². The number of aromatic nitrogens is 1. The average molecular weight is 335 g/mol. The summed E-state index contributed by atoms with van der Waals surface area (Å²) >= 11 is 5.93. The van der Waals surface area contributed by atoms with E-state index in [-0.39, 0.29) is 0 Å². The van der Waals surface area contributed by atoms with Gasteiger partial charge in [-0.25, -0.2) is 4.79 Å². The number of benzene rings is 1. The van der Waals surface area contributed by atoms with Crippen molar-refractivity contribution in [3.05, 3.63) is 57.4 Å². The van der Waals surface area contributed by atoms with E-state index in [9.17, 15) is 9.90 Å². The van der Waals surface area contributed by atoms with Gasteiger partial charge in [0.25, 0.3) is 0 Å². The van der Waals surface area contributed by atoms with E-state index in [0.29, 0.717) is 23.7 Å². The third kappa shape index (κ3) is 3.95. The van der Waals surface area contributed by atoms with Crippen LogP contribution >= 0.6 is 11.6 Å². The van der Waals surface area contributed by atoms with E-state index in [0.717, 1.165) is 35.5 Å². The molecule has 0 spiro atoms. The summed E-state index contributed by atoms with van der Waals surface area (Å²) in [6, 6.07) is 7.65. The number of carbonyl (C=O) groups is 1. The highest BCUT2D eigenvalue weighted by Gasteiger charge is 2.22. The molecule has 124 valence electrons. The molecule has 0 atom stereocenters. The summed E-state index contributed by atoms with van der Waals surface area (Å²) in [6.07, 6.45) is 1.02. The Kier molecular flexibility index (Phi) is 5.85. The van der Waals surface area contributed by atoms with Gasteiger partial charge >= 0.3 is 5.97 Å². The molecule has 0 saturated heterocycles. The van der Waals surface area contributed by atoms with E-state index in [2.05, 4.69) is 16.8 Å². The van der Waals surface area contributed by atoms with E-state index in [1.54, 1.807) is 0 Å². The number of nitrogens with one attached hydrogen (secondary N) is 1. The normalized spacial score (nSPS) is 11.0. The van der Waals surface area contributed by atoms with Crippen molar-refractivity contribution < 1.29 is 9.90 Å². The SMILES string of the molecule is CCCNCc1c(C(=O)O)c(C)n(Cc2ccc(Cl)cc2)c1C. The van der Waals surface area contributed by atoms with E-state index < -0.39 is 5.97 Å². The van der Waals surface area contributed by atoms with Gasteiger partial charge in [0.15, 0.2) is 0 Å². The lowest BCUT2D eigenvalue weighted by Gasteiger charge is -2.10. The number of carboxylic acid groups (broad SMARTS) is 1. The second-order valence-corrected chi connectivity index (χ2v) is 6.16. The van der Waals surface area contributed by atoms with Crippen molar-refractivity contribution in [3.63, 3.8) is 0 Å². The van der Waals surface area contributed by atoms with Crippen LogP contribution in [0.3, 0.4) is 0 Å². The fourth-order valence-electron chi connectivity index (χ4n) is 2.85. The smallest absolute Gasteiger partial charge is 0.337 e. The highest BCUT2D eigenvalue weighted by molar-refractivity contribution is 6.30. The van der Waals surface area contributed by atoms with Gasteiger partial charge in [-0.2, -0.15) is 0 Å². The zero-order valence-electron chi connectivity index (χ0n) is 13.8. The fraction of sp³-hybridized carbons (Fsp3) is 0.389. The van der Waals surface area contributed by atoms with Crippen LogP contribution in [0.5, 0.6) is 0 Å². The summed E-state index contributed by atoms with van der Waals surface area (Å²) in [5.41, 5.74) is 4.18. The lowest BCUT2D eigenvalue weighted by Crippen LogP contribution is -2.16. The lowest BCUT2D eigenvalue weighted by atomic mass is 10.1. The quantitative estimate of drug-likeness (QED) is 0.752. The molecule has 0 unspecified atom stereocenters. The first-order valence-electron chi connectivity index (χ1n) is 7.82. The van der Waals surface area contributed by atoms with Crippen LogP contribution in [0.1, 0.15) is 46.2 Å². The van der Waals surface area contributed by atoms with Gasteiger partial charge in [0.05, 0.1) is 5.56 Å². The highest BCUT2D eigenvalue weighted by atomic mass is 35.5. The molecule has 1 heterocycles. The molecule has 0 amide bonds. The van der Waals surface area contributed by atoms with Crippen LogP contribution in [0.15, 0.2) is 24.3 Å². The second-order valence-electron chi connectivity index (χ2n) is 5.72. The van der Waals surface area contributed by atoms with Gasteiger partial charge < -0.3 is 15.0 Å². The minimum atomic E-state index is -0.867. The Balaban J connectivity index is 2.37. The van der Waals surface area contributed by atoms with Crippen molar-refractivity contribution in [1.82, 2.24) is 9.88 Å². The van der Waals surface area contributed by atoms with Gasteiger partial charge in [-0.05, 0) is 44.5 Å². The van der Waals surface area contributed by atoms with Gasteiger partial charge in [0.1, 0.15) is 0 Å². The molecule has 0 saturated carbocycles. The molecule has 1 aromatic carbocycles. The van der Waals surface area contributed by atoms with Gasteiger partial charge in [-0.1, -0.05) is 30.7 Å². The Hall–Kier alpha value is -1.78. The molecule has 5 heteroatoms. The molecule has 4 nitrogen and oxygen atoms in total. The van der Waals surface area contributed by atoms with Gasteiger partial charge in [-0.3, -0.25) is 0 Å². The van der Waals surface area contributed by atoms with Gasteiger partial charge in [0, 0.05) is 35.1 Å². The minimum Gasteiger partial charge on any atom is -0.478 e. The van der Waals surface area contributed by atoms with Crippen molar-refractivity contribution in [2.75, 3.05) is 6.54 Å². The fourth-order valence-corrected chi connectivity index (χ4v) is 2.97. The van der Waals surface area contributed by atoms with E-state index in [1.807, 2.05) is 38.1 Å². The summed E-state index contributed by atoms with van der Waals surface area (Å²) in [7, 11) is 0. The van der Waals surface area contributed by atoms with Gasteiger partial charge in [-0.15, -0.1) is 0 Å². The standard InChI is InChI=1S/C18H23ClN2O2/c1-4-9-20-10-16-12(2)21(13(3)17(16)18(22)23)11-14-5-7-15(19)8-6-14/h5-8,20H,4,9-11H2,1-3H3,(H,22,23). The number of hydrogen-bond donors (Lipinski definition) is 2. The molecule has 0 bridgehead atoms. The molecule has 0 aliphatic rings. The van der Waals surface area contributed by atoms with Crippen molar-refractivity contribution in [2.24, 2.45) is 0 Å². The average Bonchev–Trinajstić information content (AvgIpc) is 2.74. The molecule has 0 aliphatic carbocycles. The number of aromatic carboxylic acids is 1. The van der Waals surface area contributed by atoms with E-state index >= 15 is 0 Å². The molecule has 2 N–H and O–H groups in total. The number of hydrogen-bond acceptors (Lipinski definition) is 2. The predicted molar refractivity (Wildman–Crippen MR) is 93.4 cm³/mol. The Morgan fingerprint density at radius 2 is 1.87 bits per heavy atom. The van der Waals surface area contributed by atoms with E-state index in [1.165, 1.54) is 0 Å². The Morgan fingerprint density at radius 3 is 2.43 bits per heavy atom. The maximum atomic E-state index is 11.7. The van der Waals surface area contributed by atoms with Crippen LogP contribution in [0.25, 0.3) is 0 Å². The number of nitrogens with zero attached hydrogens (tertiary/aromatic N) is 1. The monoisotopic (exact) mass is 334 g/mol. The summed E-state index contributed by atoms with van der Waals surface area (Å²) in [5, 5.41) is 13.6. The summed E-state index contributed by atoms with van der Waals surface area (Å²) in [6.45, 7) is 8.04. The van der Waals surface area contributed by atoms with Crippen LogP contribution in [0.2, 0.25) is 5.02 Å². The van der Waals surface area contributed by atoms with Crippen molar-refractivity contribution in [1.29, 1.82) is 0 Å². The first-order valence-corrected chi connectivity index (χ1v) is 8.20. The third-order valence-corrected chi connectivity index (χ3v) is 4.36. The molecular weight excluding hydrogens is 312 g/mol. The van der Waals surface area contributed by atoms with Crippen LogP contribution in [-0.4, -0.2) is 22.2 Å². The number of rotatable bonds is 7. The predicted octanol–water partition coefficient (Wildman–Crippen LogP) is 4.00. The first kappa shape index (κ1) is 17.6. The minimum absolute atomic E-state index is 0.417. The molecule has 23 heavy (non-hydrogen) atoms. The zero-order valence-corrected chi connectivity index (χ0v) is 14.6. The molecule has 1 aromatic heterocycles. The van der Waals surface area contributed by atoms with E-state index in [4.69, 9.17) is 11.6 Å². The van der Waals surface area contributed by atoms with Crippen molar-refractivity contribution >= 4 is 17.6 Å². The molecule has 0 aliphatic heterocycles. The first-order chi connectivity index (χ1) is 11.0. The summed E-state index contributed by atoms with van der Waals surface area (Å²) in [4.78, 5) is 11.7. The summed E-state index contributed by atoms with van der Waals surface area (Å²) < 4.78 is 2.07. The third-order valence-electron chi connectivity index (χ3n) is 4.11. The Morgan fingerprint density at radius 1 is 1.22 bits per heavy atom. The topological polar surface area (TPSA) is 54.3 Å². The lowest BCUT2D eigenvalue weighted by molar-refractivity contribution is 0.0694. The molecule has 0 radical (unpaired) electrons. The molecule has 2 rings (SSSR count). The largest absolute Gasteiger partial charge is 0.478 e. The zero-order chi connectivity index (χ0) is 17.0. The highest BCUT2D eigenvalue weighted by Crippen LogP contribution is 2.24. The molecular formula is C18H23ClN2O2. The number of halogens is 1. The van der Waals surface area contributed by atoms with Crippen LogP contribution < -0.4 is 5.32 Å². The molecule has 0 fully saturated rings. The summed E-state index contributed by atoms with van der Waals surface area (Å²) in [5.74, 6) is -0.867. The Bertz CT molecular complexity index is 690. The van der Waals surface area contributed by atoms with Crippen LogP contribution in [0, 0.1) is 13.8 Å². The van der Waals surface area contributed by atoms with Crippen molar-refractivity contribution in [3.8, 4) is 0 Å². The second kappa shape index (κ2) is 7.66. The van der Waals surface area contributed by atoms with Crippen molar-refractivity contribution in [2.45, 2.75) is 40.3 Å².